The van der Waals surface area contributed by atoms with Gasteiger partial charge in [-0.1, -0.05) is 34.1 Å². The van der Waals surface area contributed by atoms with Crippen molar-refractivity contribution >= 4 is 5.78 Å². The lowest BCUT2D eigenvalue weighted by atomic mass is 9.46. The number of Topliss-reactive ketones (excluding diaryl/α,β-unsaturated/α-hetero) is 1. The maximum atomic E-state index is 12.1. The molecule has 1 nitrogen and oxygen atoms in total. The molecule has 3 aliphatic carbocycles. The Balaban J connectivity index is 1.89. The Morgan fingerprint density at radius 3 is 2.41 bits per heavy atom. The molecular weight excluding hydrogens is 268 g/mol. The van der Waals surface area contributed by atoms with Gasteiger partial charge in [-0.2, -0.15) is 0 Å². The van der Waals surface area contributed by atoms with Gasteiger partial charge in [0.25, 0.3) is 0 Å². The van der Waals surface area contributed by atoms with Gasteiger partial charge in [0.1, 0.15) is 5.78 Å². The van der Waals surface area contributed by atoms with Gasteiger partial charge in [-0.05, 0) is 86.4 Å². The molecule has 0 aromatic carbocycles. The number of carbonyl (C=O) groups excluding carboxylic acids is 1. The first-order chi connectivity index (χ1) is 10.3. The first kappa shape index (κ1) is 16.5. The van der Waals surface area contributed by atoms with Crippen molar-refractivity contribution in [2.75, 3.05) is 0 Å². The molecular formula is C21H36O. The zero-order chi connectivity index (χ0) is 16.1. The van der Waals surface area contributed by atoms with Crippen molar-refractivity contribution < 1.29 is 4.79 Å². The topological polar surface area (TPSA) is 17.1 Å². The highest BCUT2D eigenvalue weighted by Crippen LogP contribution is 2.66. The van der Waals surface area contributed by atoms with Crippen LogP contribution in [0.3, 0.4) is 0 Å². The number of hydrogen-bond acceptors (Lipinski definition) is 1. The summed E-state index contributed by atoms with van der Waals surface area (Å²) in [5, 5.41) is 0. The molecule has 3 rings (SSSR count). The summed E-state index contributed by atoms with van der Waals surface area (Å²) in [5.41, 5.74) is 0.869. The van der Waals surface area contributed by atoms with Gasteiger partial charge in [0.2, 0.25) is 0 Å². The Labute approximate surface area is 137 Å². The quantitative estimate of drug-likeness (QED) is 0.637. The first-order valence-electron chi connectivity index (χ1n) is 9.85. The van der Waals surface area contributed by atoms with E-state index in [9.17, 15) is 4.79 Å². The van der Waals surface area contributed by atoms with Crippen molar-refractivity contribution in [1.82, 2.24) is 0 Å². The Bertz CT molecular complexity index is 441. The predicted molar refractivity (Wildman–Crippen MR) is 92.6 cm³/mol. The van der Waals surface area contributed by atoms with Gasteiger partial charge < -0.3 is 0 Å². The fraction of sp³-hybridized carbons (Fsp3) is 0.952. The van der Waals surface area contributed by atoms with Gasteiger partial charge in [-0.3, -0.25) is 4.79 Å². The molecule has 3 saturated carbocycles. The van der Waals surface area contributed by atoms with E-state index in [1.165, 1.54) is 51.4 Å². The van der Waals surface area contributed by atoms with Gasteiger partial charge >= 0.3 is 0 Å². The maximum absolute atomic E-state index is 12.1. The van der Waals surface area contributed by atoms with Gasteiger partial charge in [0.05, 0.1) is 0 Å². The van der Waals surface area contributed by atoms with E-state index in [4.69, 9.17) is 0 Å². The van der Waals surface area contributed by atoms with E-state index in [0.717, 1.165) is 23.7 Å². The van der Waals surface area contributed by atoms with Gasteiger partial charge in [0.15, 0.2) is 0 Å². The zero-order valence-electron chi connectivity index (χ0n) is 15.5. The fourth-order valence-corrected chi connectivity index (χ4v) is 7.28. The molecule has 126 valence electrons. The van der Waals surface area contributed by atoms with Gasteiger partial charge in [0, 0.05) is 5.92 Å². The van der Waals surface area contributed by atoms with E-state index in [1.54, 1.807) is 0 Å². The molecule has 0 aromatic rings. The van der Waals surface area contributed by atoms with Crippen molar-refractivity contribution in [2.24, 2.45) is 40.4 Å². The smallest absolute Gasteiger partial charge is 0.133 e. The highest BCUT2D eigenvalue weighted by molar-refractivity contribution is 5.79. The molecule has 22 heavy (non-hydrogen) atoms. The third-order valence-electron chi connectivity index (χ3n) is 8.62. The van der Waals surface area contributed by atoms with Crippen LogP contribution < -0.4 is 0 Å². The van der Waals surface area contributed by atoms with E-state index < -0.39 is 0 Å². The molecule has 0 spiro atoms. The van der Waals surface area contributed by atoms with Crippen molar-refractivity contribution in [1.29, 1.82) is 0 Å². The molecule has 0 N–H and O–H groups in total. The van der Waals surface area contributed by atoms with E-state index in [2.05, 4.69) is 27.7 Å². The zero-order valence-corrected chi connectivity index (χ0v) is 15.5. The molecule has 0 radical (unpaired) electrons. The Hall–Kier alpha value is -0.330. The van der Waals surface area contributed by atoms with Gasteiger partial charge in [-0.15, -0.1) is 0 Å². The highest BCUT2D eigenvalue weighted by Gasteiger charge is 2.59. The number of carbonyl (C=O) groups is 1. The minimum atomic E-state index is 0.320. The third kappa shape index (κ3) is 2.21. The van der Waals surface area contributed by atoms with Crippen molar-refractivity contribution in [3.63, 3.8) is 0 Å². The molecule has 7 atom stereocenters. The summed E-state index contributed by atoms with van der Waals surface area (Å²) in [6, 6.07) is 0. The number of fused-ring (bicyclic) bond motifs is 3. The van der Waals surface area contributed by atoms with Crippen LogP contribution in [0.2, 0.25) is 0 Å². The van der Waals surface area contributed by atoms with Crippen LogP contribution in [0.25, 0.3) is 0 Å². The number of rotatable bonds is 3. The molecule has 0 bridgehead atoms. The minimum absolute atomic E-state index is 0.320. The molecule has 0 saturated heterocycles. The second kappa shape index (κ2) is 5.64. The average Bonchev–Trinajstić information content (AvgIpc) is 2.81. The molecule has 3 aliphatic rings. The molecule has 7 unspecified atom stereocenters. The summed E-state index contributed by atoms with van der Waals surface area (Å²) >= 11 is 0. The Kier molecular flexibility index (Phi) is 4.23. The SMILES string of the molecule is CCCC1(C)C(C)CCC2C1CCC1(C)C(C(C)=O)CCC21. The lowest BCUT2D eigenvalue weighted by Crippen LogP contribution is -2.51. The maximum Gasteiger partial charge on any atom is 0.133 e. The minimum Gasteiger partial charge on any atom is -0.300 e. The van der Waals surface area contributed by atoms with Crippen LogP contribution in [0.4, 0.5) is 0 Å². The van der Waals surface area contributed by atoms with Crippen LogP contribution in [0.1, 0.15) is 86.0 Å². The molecule has 0 amide bonds. The molecule has 3 fully saturated rings. The van der Waals surface area contributed by atoms with Crippen LogP contribution >= 0.6 is 0 Å². The molecule has 0 heterocycles. The lowest BCUT2D eigenvalue weighted by Gasteiger charge is -2.58. The van der Waals surface area contributed by atoms with E-state index in [0.29, 0.717) is 22.5 Å². The summed E-state index contributed by atoms with van der Waals surface area (Å²) < 4.78 is 0. The second-order valence-corrected chi connectivity index (χ2v) is 9.40. The molecule has 0 aromatic heterocycles. The monoisotopic (exact) mass is 304 g/mol. The molecule has 1 heteroatoms. The Morgan fingerprint density at radius 1 is 1.05 bits per heavy atom. The van der Waals surface area contributed by atoms with Crippen LogP contribution in [0, 0.1) is 40.4 Å². The predicted octanol–water partition coefficient (Wildman–Crippen LogP) is 5.87. The fourth-order valence-electron chi connectivity index (χ4n) is 7.28. The molecule has 0 aliphatic heterocycles. The summed E-state index contributed by atoms with van der Waals surface area (Å²) in [6.45, 7) is 11.8. The third-order valence-corrected chi connectivity index (χ3v) is 8.62. The summed E-state index contributed by atoms with van der Waals surface area (Å²) in [6.07, 6.45) is 10.7. The van der Waals surface area contributed by atoms with Crippen LogP contribution in [-0.4, -0.2) is 5.78 Å². The largest absolute Gasteiger partial charge is 0.300 e. The van der Waals surface area contributed by atoms with E-state index in [1.807, 2.05) is 6.92 Å². The highest BCUT2D eigenvalue weighted by atomic mass is 16.1. The number of hydrogen-bond donors (Lipinski definition) is 0. The summed E-state index contributed by atoms with van der Waals surface area (Å²) in [5.74, 6) is 4.34. The van der Waals surface area contributed by atoms with Crippen LogP contribution in [0.15, 0.2) is 0 Å². The second-order valence-electron chi connectivity index (χ2n) is 9.40. The van der Waals surface area contributed by atoms with Crippen molar-refractivity contribution in [2.45, 2.75) is 86.0 Å². The first-order valence-corrected chi connectivity index (χ1v) is 9.85. The van der Waals surface area contributed by atoms with Gasteiger partial charge in [-0.25, -0.2) is 0 Å². The lowest BCUT2D eigenvalue weighted by molar-refractivity contribution is -0.130. The van der Waals surface area contributed by atoms with Crippen LogP contribution in [-0.2, 0) is 4.79 Å². The number of ketones is 1. The average molecular weight is 305 g/mol. The standard InChI is InChI=1S/C21H36O/c1-6-12-20(4)14(2)7-8-16-18-10-9-17(15(3)22)21(18,5)13-11-19(16)20/h14,16-19H,6-13H2,1-5H3. The van der Waals surface area contributed by atoms with Crippen LogP contribution in [0.5, 0.6) is 0 Å². The van der Waals surface area contributed by atoms with Crippen molar-refractivity contribution in [3.8, 4) is 0 Å². The summed E-state index contributed by atoms with van der Waals surface area (Å²) in [4.78, 5) is 12.1. The Morgan fingerprint density at radius 2 is 1.77 bits per heavy atom. The normalized spacial score (nSPS) is 51.2. The van der Waals surface area contributed by atoms with E-state index in [-0.39, 0.29) is 0 Å². The summed E-state index contributed by atoms with van der Waals surface area (Å²) in [7, 11) is 0. The van der Waals surface area contributed by atoms with Crippen molar-refractivity contribution in [3.05, 3.63) is 0 Å². The van der Waals surface area contributed by atoms with E-state index >= 15 is 0 Å².